The SMILES string of the molecule is Cc1nc2ccccc2n1C1CC2CCC(C1)C2CCC1(c2ccccc2)CCC(NC(=O)c2c(Cl)ccc(S(N)(=O)=O)c2Cl)CC1. The Bertz CT molecular complexity index is 1890. The van der Waals surface area contributed by atoms with Crippen LogP contribution in [0.2, 0.25) is 10.0 Å². The first-order valence-electron chi connectivity index (χ1n) is 16.8. The molecule has 248 valence electrons. The molecule has 2 unspecified atom stereocenters. The molecule has 0 saturated heterocycles. The van der Waals surface area contributed by atoms with E-state index >= 15 is 0 Å². The number of imidazole rings is 1. The van der Waals surface area contributed by atoms with Gasteiger partial charge in [0, 0.05) is 12.1 Å². The Labute approximate surface area is 287 Å². The largest absolute Gasteiger partial charge is 0.349 e. The Morgan fingerprint density at radius 1 is 0.957 bits per heavy atom. The highest BCUT2D eigenvalue weighted by Gasteiger charge is 2.45. The minimum Gasteiger partial charge on any atom is -0.349 e. The Balaban J connectivity index is 1.04. The molecular formula is C37H42Cl2N4O3S. The average Bonchev–Trinajstić information content (AvgIpc) is 3.50. The molecule has 0 spiro atoms. The quantitative estimate of drug-likeness (QED) is 0.193. The first kappa shape index (κ1) is 32.6. The molecule has 0 radical (unpaired) electrons. The van der Waals surface area contributed by atoms with Crippen LogP contribution in [0.25, 0.3) is 11.0 Å². The van der Waals surface area contributed by atoms with Crippen LogP contribution >= 0.6 is 23.2 Å². The van der Waals surface area contributed by atoms with Crippen LogP contribution in [0.3, 0.4) is 0 Å². The maximum Gasteiger partial charge on any atom is 0.254 e. The van der Waals surface area contributed by atoms with Crippen LogP contribution in [0.5, 0.6) is 0 Å². The molecule has 2 atom stereocenters. The number of aryl methyl sites for hydroxylation is 1. The van der Waals surface area contributed by atoms with Gasteiger partial charge in [0.1, 0.15) is 10.7 Å². The van der Waals surface area contributed by atoms with Crippen LogP contribution < -0.4 is 10.5 Å². The first-order chi connectivity index (χ1) is 22.5. The van der Waals surface area contributed by atoms with E-state index in [2.05, 4.69) is 71.4 Å². The van der Waals surface area contributed by atoms with Gasteiger partial charge >= 0.3 is 0 Å². The van der Waals surface area contributed by atoms with Gasteiger partial charge in [0.25, 0.3) is 5.91 Å². The molecule has 3 N–H and O–H groups in total. The van der Waals surface area contributed by atoms with Gasteiger partial charge in [-0.1, -0.05) is 65.7 Å². The zero-order valence-corrected chi connectivity index (χ0v) is 29.0. The van der Waals surface area contributed by atoms with Crippen molar-refractivity contribution in [2.75, 3.05) is 0 Å². The van der Waals surface area contributed by atoms with Gasteiger partial charge < -0.3 is 9.88 Å². The van der Waals surface area contributed by atoms with Crippen molar-refractivity contribution in [3.8, 4) is 0 Å². The number of fused-ring (bicyclic) bond motifs is 3. The third kappa shape index (κ3) is 6.23. The molecule has 3 saturated carbocycles. The van der Waals surface area contributed by atoms with Gasteiger partial charge in [-0.3, -0.25) is 4.79 Å². The molecule has 1 heterocycles. The molecule has 7 rings (SSSR count). The summed E-state index contributed by atoms with van der Waals surface area (Å²) in [6.07, 6.45) is 11.0. The van der Waals surface area contributed by atoms with Gasteiger partial charge in [0.15, 0.2) is 0 Å². The van der Waals surface area contributed by atoms with E-state index in [-0.39, 0.29) is 32.0 Å². The summed E-state index contributed by atoms with van der Waals surface area (Å²) in [5.74, 6) is 2.88. The van der Waals surface area contributed by atoms with Gasteiger partial charge in [0.2, 0.25) is 10.0 Å². The van der Waals surface area contributed by atoms with E-state index < -0.39 is 15.9 Å². The lowest BCUT2D eigenvalue weighted by molar-refractivity contribution is 0.0909. The molecule has 10 heteroatoms. The molecule has 47 heavy (non-hydrogen) atoms. The summed E-state index contributed by atoms with van der Waals surface area (Å²) in [6.45, 7) is 2.15. The van der Waals surface area contributed by atoms with Crippen molar-refractivity contribution in [3.63, 3.8) is 0 Å². The predicted octanol–water partition coefficient (Wildman–Crippen LogP) is 8.37. The fourth-order valence-electron chi connectivity index (χ4n) is 9.38. The fourth-order valence-corrected chi connectivity index (χ4v) is 10.9. The number of halogens is 2. The summed E-state index contributed by atoms with van der Waals surface area (Å²) in [6, 6.07) is 22.5. The second-order valence-corrected chi connectivity index (χ2v) is 16.4. The van der Waals surface area contributed by atoms with E-state index in [9.17, 15) is 13.2 Å². The minimum atomic E-state index is -4.10. The molecule has 4 aromatic rings. The summed E-state index contributed by atoms with van der Waals surface area (Å²) in [5.41, 5.74) is 3.75. The number of para-hydroxylation sites is 2. The fraction of sp³-hybridized carbons (Fsp3) is 0.459. The molecule has 2 bridgehead atoms. The number of benzene rings is 3. The van der Waals surface area contributed by atoms with E-state index in [1.165, 1.54) is 55.3 Å². The van der Waals surface area contributed by atoms with Crippen LogP contribution in [0.1, 0.15) is 92.0 Å². The third-order valence-corrected chi connectivity index (χ3v) is 13.4. The van der Waals surface area contributed by atoms with Crippen molar-refractivity contribution < 1.29 is 13.2 Å². The lowest BCUT2D eigenvalue weighted by Crippen LogP contribution is -2.43. The highest BCUT2D eigenvalue weighted by Crippen LogP contribution is 2.55. The number of rotatable bonds is 8. The topological polar surface area (TPSA) is 107 Å². The Morgan fingerprint density at radius 3 is 2.30 bits per heavy atom. The lowest BCUT2D eigenvalue weighted by Gasteiger charge is -2.43. The number of hydrogen-bond acceptors (Lipinski definition) is 4. The number of aromatic nitrogens is 2. The number of nitrogens with one attached hydrogen (secondary N) is 1. The normalized spacial score (nSPS) is 27.6. The number of amides is 1. The van der Waals surface area contributed by atoms with Crippen LogP contribution in [0.4, 0.5) is 0 Å². The highest BCUT2D eigenvalue weighted by atomic mass is 35.5. The number of carbonyl (C=O) groups is 1. The molecule has 0 aliphatic heterocycles. The van der Waals surface area contributed by atoms with Crippen LogP contribution in [-0.2, 0) is 15.4 Å². The molecule has 7 nitrogen and oxygen atoms in total. The Morgan fingerprint density at radius 2 is 1.62 bits per heavy atom. The molecule has 3 fully saturated rings. The zero-order chi connectivity index (χ0) is 32.9. The average molecular weight is 694 g/mol. The number of primary sulfonamides is 1. The molecule has 3 aromatic carbocycles. The smallest absolute Gasteiger partial charge is 0.254 e. The summed E-state index contributed by atoms with van der Waals surface area (Å²) < 4.78 is 26.5. The van der Waals surface area contributed by atoms with E-state index in [0.717, 1.165) is 61.2 Å². The summed E-state index contributed by atoms with van der Waals surface area (Å²) in [5, 5.41) is 8.26. The molecule has 3 aliphatic rings. The Kier molecular flexibility index (Phi) is 8.92. The third-order valence-electron chi connectivity index (χ3n) is 11.6. The summed E-state index contributed by atoms with van der Waals surface area (Å²) in [4.78, 5) is 17.9. The second kappa shape index (κ2) is 12.8. The van der Waals surface area contributed by atoms with Crippen molar-refractivity contribution in [2.24, 2.45) is 22.9 Å². The van der Waals surface area contributed by atoms with Crippen LogP contribution in [-0.4, -0.2) is 29.9 Å². The van der Waals surface area contributed by atoms with Crippen molar-refractivity contribution in [1.82, 2.24) is 14.9 Å². The highest BCUT2D eigenvalue weighted by molar-refractivity contribution is 7.89. The number of nitrogens with two attached hydrogens (primary N) is 1. The summed E-state index contributed by atoms with van der Waals surface area (Å²) >= 11 is 12.7. The lowest BCUT2D eigenvalue weighted by atomic mass is 9.63. The standard InChI is InChI=1S/C37H42Cl2N4O3S/c1-23-41-31-9-5-6-10-32(31)43(23)28-21-24-11-12-25(22-28)29(24)17-20-37(26-7-3-2-4-8-26)18-15-27(16-19-37)42-36(44)34-30(38)13-14-33(35(34)39)47(40,45)46/h2-10,13-14,24-25,27-29H,11-12,15-22H2,1H3,(H,42,44)(H2,40,45,46). The summed E-state index contributed by atoms with van der Waals surface area (Å²) in [7, 11) is -4.10. The maximum absolute atomic E-state index is 13.4. The van der Waals surface area contributed by atoms with Gasteiger partial charge in [0.05, 0.1) is 26.6 Å². The van der Waals surface area contributed by atoms with Crippen molar-refractivity contribution in [1.29, 1.82) is 0 Å². The van der Waals surface area contributed by atoms with E-state index in [1.54, 1.807) is 0 Å². The van der Waals surface area contributed by atoms with Gasteiger partial charge in [-0.05, 0) is 124 Å². The van der Waals surface area contributed by atoms with E-state index in [1.807, 2.05) is 0 Å². The number of nitrogens with zero attached hydrogens (tertiary/aromatic N) is 2. The van der Waals surface area contributed by atoms with E-state index in [0.29, 0.717) is 6.04 Å². The molecule has 1 amide bonds. The number of hydrogen-bond donors (Lipinski definition) is 2. The van der Waals surface area contributed by atoms with E-state index in [4.69, 9.17) is 33.3 Å². The van der Waals surface area contributed by atoms with Crippen molar-refractivity contribution >= 4 is 50.2 Å². The predicted molar refractivity (Wildman–Crippen MR) is 187 cm³/mol. The van der Waals surface area contributed by atoms with Crippen LogP contribution in [0.15, 0.2) is 71.6 Å². The van der Waals surface area contributed by atoms with Crippen molar-refractivity contribution in [2.45, 2.75) is 93.5 Å². The number of carbonyl (C=O) groups excluding carboxylic acids is 1. The van der Waals surface area contributed by atoms with Crippen LogP contribution in [0, 0.1) is 24.7 Å². The monoisotopic (exact) mass is 692 g/mol. The Hall–Kier alpha value is -2.91. The van der Waals surface area contributed by atoms with Gasteiger partial charge in [-0.25, -0.2) is 18.5 Å². The maximum atomic E-state index is 13.4. The minimum absolute atomic E-state index is 0.0512. The molecule has 3 aliphatic carbocycles. The molecule has 1 aromatic heterocycles. The zero-order valence-electron chi connectivity index (χ0n) is 26.7. The molecular weight excluding hydrogens is 651 g/mol. The van der Waals surface area contributed by atoms with Gasteiger partial charge in [-0.15, -0.1) is 0 Å². The number of sulfonamides is 1. The van der Waals surface area contributed by atoms with Crippen molar-refractivity contribution in [3.05, 3.63) is 93.7 Å². The first-order valence-corrected chi connectivity index (χ1v) is 19.1. The second-order valence-electron chi connectivity index (χ2n) is 14.1. The van der Waals surface area contributed by atoms with Gasteiger partial charge in [-0.2, -0.15) is 0 Å².